The largest absolute Gasteiger partial charge is 0.418 e. The van der Waals surface area contributed by atoms with Crippen molar-refractivity contribution in [1.29, 1.82) is 5.26 Å². The number of benzene rings is 1. The van der Waals surface area contributed by atoms with Gasteiger partial charge < -0.3 is 0 Å². The Hall–Kier alpha value is -2.36. The average Bonchev–Trinajstić information content (AvgIpc) is 2.69. The maximum Gasteiger partial charge on any atom is 0.418 e. The molecule has 0 fully saturated rings. The van der Waals surface area contributed by atoms with E-state index in [1.54, 1.807) is 0 Å². The van der Waals surface area contributed by atoms with Crippen LogP contribution in [0.5, 0.6) is 0 Å². The Bertz CT molecular complexity index is 679. The van der Waals surface area contributed by atoms with Gasteiger partial charge in [-0.05, 0) is 12.1 Å². The quantitative estimate of drug-likeness (QED) is 0.725. The predicted molar refractivity (Wildman–Crippen MR) is 55.8 cm³/mol. The molecule has 0 aliphatic carbocycles. The fourth-order valence-electron chi connectivity index (χ4n) is 1.75. The minimum absolute atomic E-state index is 0.0359. The van der Waals surface area contributed by atoms with E-state index in [4.69, 9.17) is 5.26 Å². The number of alkyl halides is 3. The van der Waals surface area contributed by atoms with E-state index >= 15 is 0 Å². The van der Waals surface area contributed by atoms with Crippen LogP contribution in [0.2, 0.25) is 0 Å². The second-order valence-electron chi connectivity index (χ2n) is 3.61. The van der Waals surface area contributed by atoms with Crippen LogP contribution >= 0.6 is 0 Å². The first-order valence-electron chi connectivity index (χ1n) is 4.85. The minimum Gasteiger partial charge on any atom is -0.273 e. The molecule has 0 bridgehead atoms. The summed E-state index contributed by atoms with van der Waals surface area (Å²) in [6.45, 7) is 1.19. The lowest BCUT2D eigenvalue weighted by Crippen LogP contribution is -2.10. The molecule has 4 nitrogen and oxygen atoms in total. The van der Waals surface area contributed by atoms with Crippen LogP contribution in [0.25, 0.3) is 10.9 Å². The summed E-state index contributed by atoms with van der Waals surface area (Å²) in [7, 11) is 0. The number of rotatable bonds is 0. The molecule has 0 amide bonds. The third-order valence-electron chi connectivity index (χ3n) is 2.46. The summed E-state index contributed by atoms with van der Waals surface area (Å²) < 4.78 is 39.6. The van der Waals surface area contributed by atoms with Crippen LogP contribution in [0.15, 0.2) is 18.3 Å². The summed E-state index contributed by atoms with van der Waals surface area (Å²) in [6, 6.07) is 3.80. The van der Waals surface area contributed by atoms with Gasteiger partial charge in [0.2, 0.25) is 5.91 Å². The molecule has 0 saturated heterocycles. The molecule has 2 aromatic rings. The zero-order chi connectivity index (χ0) is 13.5. The van der Waals surface area contributed by atoms with Gasteiger partial charge in [0.25, 0.3) is 0 Å². The van der Waals surface area contributed by atoms with Gasteiger partial charge in [-0.1, -0.05) is 0 Å². The van der Waals surface area contributed by atoms with Crippen LogP contribution in [0.1, 0.15) is 22.8 Å². The zero-order valence-corrected chi connectivity index (χ0v) is 9.12. The lowest BCUT2D eigenvalue weighted by molar-refractivity contribution is -0.136. The smallest absolute Gasteiger partial charge is 0.273 e. The van der Waals surface area contributed by atoms with Crippen molar-refractivity contribution >= 4 is 16.8 Å². The van der Waals surface area contributed by atoms with Gasteiger partial charge in [0.15, 0.2) is 0 Å². The van der Waals surface area contributed by atoms with Crippen molar-refractivity contribution in [1.82, 2.24) is 9.78 Å². The molecule has 0 aliphatic heterocycles. The monoisotopic (exact) mass is 253 g/mol. The number of hydrogen-bond acceptors (Lipinski definition) is 3. The third kappa shape index (κ3) is 1.72. The molecule has 0 unspecified atom stereocenters. The summed E-state index contributed by atoms with van der Waals surface area (Å²) in [5, 5.41) is 12.1. The van der Waals surface area contributed by atoms with E-state index in [2.05, 4.69) is 5.10 Å². The summed E-state index contributed by atoms with van der Waals surface area (Å²) >= 11 is 0. The summed E-state index contributed by atoms with van der Waals surface area (Å²) in [6.07, 6.45) is -3.73. The van der Waals surface area contributed by atoms with Crippen molar-refractivity contribution < 1.29 is 18.0 Å². The Balaban J connectivity index is 2.89. The van der Waals surface area contributed by atoms with E-state index < -0.39 is 23.2 Å². The second-order valence-corrected chi connectivity index (χ2v) is 3.61. The number of hydrogen-bond donors (Lipinski definition) is 0. The van der Waals surface area contributed by atoms with Crippen molar-refractivity contribution in [2.24, 2.45) is 0 Å². The van der Waals surface area contributed by atoms with Gasteiger partial charge in [-0.15, -0.1) is 0 Å². The minimum atomic E-state index is -4.67. The molecule has 2 rings (SSSR count). The zero-order valence-electron chi connectivity index (χ0n) is 9.12. The van der Waals surface area contributed by atoms with E-state index in [0.29, 0.717) is 0 Å². The maximum absolute atomic E-state index is 12.9. The Kier molecular flexibility index (Phi) is 2.58. The number of halogens is 3. The molecule has 0 saturated carbocycles. The molecule has 18 heavy (non-hydrogen) atoms. The molecule has 0 spiro atoms. The Labute approximate surface area is 99.2 Å². The molecule has 0 atom stereocenters. The fourth-order valence-corrected chi connectivity index (χ4v) is 1.75. The van der Waals surface area contributed by atoms with E-state index in [0.717, 1.165) is 16.9 Å². The lowest BCUT2D eigenvalue weighted by atomic mass is 10.0. The Morgan fingerprint density at radius 1 is 1.44 bits per heavy atom. The average molecular weight is 253 g/mol. The SMILES string of the molecule is CC(=O)n1ncc2c(C(F)(F)F)c(C#N)ccc21. The molecule has 1 aromatic heterocycles. The van der Waals surface area contributed by atoms with Crippen molar-refractivity contribution in [2.45, 2.75) is 13.1 Å². The fraction of sp³-hybridized carbons (Fsp3) is 0.182. The highest BCUT2D eigenvalue weighted by atomic mass is 19.4. The normalized spacial score (nSPS) is 11.5. The number of carbonyl (C=O) groups excluding carboxylic acids is 1. The van der Waals surface area contributed by atoms with Gasteiger partial charge >= 0.3 is 6.18 Å². The molecule has 0 aliphatic rings. The number of carbonyl (C=O) groups is 1. The van der Waals surface area contributed by atoms with E-state index in [-0.39, 0.29) is 10.9 Å². The van der Waals surface area contributed by atoms with Gasteiger partial charge in [0, 0.05) is 12.3 Å². The van der Waals surface area contributed by atoms with Crippen LogP contribution in [0.4, 0.5) is 13.2 Å². The van der Waals surface area contributed by atoms with Gasteiger partial charge in [-0.3, -0.25) is 4.79 Å². The van der Waals surface area contributed by atoms with Crippen molar-refractivity contribution in [3.8, 4) is 6.07 Å². The Morgan fingerprint density at radius 2 is 2.11 bits per heavy atom. The number of nitriles is 1. The van der Waals surface area contributed by atoms with Crippen LogP contribution in [0.3, 0.4) is 0 Å². The third-order valence-corrected chi connectivity index (χ3v) is 2.46. The van der Waals surface area contributed by atoms with Crippen LogP contribution in [0, 0.1) is 11.3 Å². The van der Waals surface area contributed by atoms with Crippen LogP contribution in [-0.2, 0) is 6.18 Å². The van der Waals surface area contributed by atoms with Gasteiger partial charge in [0.05, 0.1) is 28.9 Å². The number of aromatic nitrogens is 2. The van der Waals surface area contributed by atoms with Gasteiger partial charge in [0.1, 0.15) is 0 Å². The standard InChI is InChI=1S/C11H6F3N3O/c1-6(18)17-9-3-2-7(4-15)10(11(12,13)14)8(9)5-16-17/h2-3,5H,1H3. The van der Waals surface area contributed by atoms with Crippen molar-refractivity contribution in [3.05, 3.63) is 29.5 Å². The van der Waals surface area contributed by atoms with E-state index in [9.17, 15) is 18.0 Å². The highest BCUT2D eigenvalue weighted by molar-refractivity contribution is 5.92. The molecular weight excluding hydrogens is 247 g/mol. The lowest BCUT2D eigenvalue weighted by Gasteiger charge is -2.09. The molecule has 0 radical (unpaired) electrons. The van der Waals surface area contributed by atoms with Crippen LogP contribution in [-0.4, -0.2) is 15.7 Å². The molecular formula is C11H6F3N3O. The summed E-state index contributed by atoms with van der Waals surface area (Å²) in [4.78, 5) is 11.2. The highest BCUT2D eigenvalue weighted by Crippen LogP contribution is 2.37. The molecule has 1 aromatic carbocycles. The van der Waals surface area contributed by atoms with Crippen molar-refractivity contribution in [2.75, 3.05) is 0 Å². The first-order chi connectivity index (χ1) is 8.36. The van der Waals surface area contributed by atoms with Crippen LogP contribution < -0.4 is 0 Å². The summed E-state index contributed by atoms with van der Waals surface area (Å²) in [5.74, 6) is -0.497. The molecule has 1 heterocycles. The molecule has 92 valence electrons. The first kappa shape index (κ1) is 12.1. The Morgan fingerprint density at radius 3 is 2.61 bits per heavy atom. The number of nitrogens with zero attached hydrogens (tertiary/aromatic N) is 3. The maximum atomic E-state index is 12.9. The number of fused-ring (bicyclic) bond motifs is 1. The topological polar surface area (TPSA) is 58.7 Å². The van der Waals surface area contributed by atoms with Gasteiger partial charge in [-0.25, -0.2) is 4.68 Å². The van der Waals surface area contributed by atoms with E-state index in [1.165, 1.54) is 19.1 Å². The second kappa shape index (κ2) is 3.84. The molecule has 0 N–H and O–H groups in total. The molecule has 7 heteroatoms. The van der Waals surface area contributed by atoms with E-state index in [1.807, 2.05) is 0 Å². The highest BCUT2D eigenvalue weighted by Gasteiger charge is 2.36. The van der Waals surface area contributed by atoms with Gasteiger partial charge in [-0.2, -0.15) is 23.5 Å². The summed E-state index contributed by atoms with van der Waals surface area (Å²) in [5.41, 5.74) is -1.51. The first-order valence-corrected chi connectivity index (χ1v) is 4.85. The predicted octanol–water partition coefficient (Wildman–Crippen LogP) is 2.59. The van der Waals surface area contributed by atoms with Crippen molar-refractivity contribution in [3.63, 3.8) is 0 Å².